The van der Waals surface area contributed by atoms with Crippen LogP contribution in [0, 0.1) is 5.82 Å². The van der Waals surface area contributed by atoms with Crippen molar-refractivity contribution in [1.29, 1.82) is 0 Å². The molecule has 4 aromatic rings. The third-order valence-electron chi connectivity index (χ3n) is 6.69. The van der Waals surface area contributed by atoms with Crippen LogP contribution in [0.3, 0.4) is 0 Å². The van der Waals surface area contributed by atoms with Crippen molar-refractivity contribution in [2.75, 3.05) is 20.8 Å². The van der Waals surface area contributed by atoms with Gasteiger partial charge in [-0.05, 0) is 60.5 Å². The van der Waals surface area contributed by atoms with Crippen molar-refractivity contribution in [1.82, 2.24) is 9.88 Å². The fraction of sp³-hybridized carbons (Fsp3) is 0.172. The van der Waals surface area contributed by atoms with E-state index in [0.29, 0.717) is 23.5 Å². The monoisotopic (exact) mass is 500 g/mol. The van der Waals surface area contributed by atoms with Gasteiger partial charge in [0.1, 0.15) is 23.1 Å². The highest BCUT2D eigenvalue weighted by Gasteiger charge is 2.47. The topological polar surface area (TPSA) is 91.9 Å². The van der Waals surface area contributed by atoms with Gasteiger partial charge in [-0.2, -0.15) is 0 Å². The molecular weight excluding hydrogens is 475 g/mol. The molecule has 0 saturated carbocycles. The highest BCUT2D eigenvalue weighted by molar-refractivity contribution is 6.46. The maximum absolute atomic E-state index is 13.5. The van der Waals surface area contributed by atoms with E-state index in [-0.39, 0.29) is 23.4 Å². The molecule has 7 nitrogen and oxygen atoms in total. The molecule has 1 saturated heterocycles. The molecule has 0 bridgehead atoms. The van der Waals surface area contributed by atoms with Crippen LogP contribution in [0.2, 0.25) is 0 Å². The molecule has 1 amide bonds. The number of benzene rings is 3. The van der Waals surface area contributed by atoms with Crippen LogP contribution in [-0.4, -0.2) is 47.4 Å². The van der Waals surface area contributed by atoms with E-state index in [1.807, 2.05) is 30.5 Å². The highest BCUT2D eigenvalue weighted by Crippen LogP contribution is 2.44. The Labute approximate surface area is 212 Å². The number of aliphatic hydroxyl groups is 1. The zero-order valence-corrected chi connectivity index (χ0v) is 20.3. The van der Waals surface area contributed by atoms with Crippen molar-refractivity contribution >= 4 is 28.4 Å². The predicted molar refractivity (Wildman–Crippen MR) is 137 cm³/mol. The van der Waals surface area contributed by atoms with Crippen molar-refractivity contribution in [3.8, 4) is 11.5 Å². The number of amides is 1. The van der Waals surface area contributed by atoms with E-state index >= 15 is 0 Å². The number of nitrogens with zero attached hydrogens (tertiary/aromatic N) is 1. The molecule has 0 radical (unpaired) electrons. The Hall–Kier alpha value is -4.59. The fourth-order valence-corrected chi connectivity index (χ4v) is 4.83. The van der Waals surface area contributed by atoms with Crippen molar-refractivity contribution in [3.63, 3.8) is 0 Å². The summed E-state index contributed by atoms with van der Waals surface area (Å²) in [5.41, 5.74) is 2.59. The Kier molecular flexibility index (Phi) is 6.40. The van der Waals surface area contributed by atoms with Gasteiger partial charge >= 0.3 is 0 Å². The lowest BCUT2D eigenvalue weighted by Gasteiger charge is -2.27. The maximum Gasteiger partial charge on any atom is 0.295 e. The quantitative estimate of drug-likeness (QED) is 0.212. The number of fused-ring (bicyclic) bond motifs is 1. The molecule has 0 aliphatic carbocycles. The second kappa shape index (κ2) is 9.81. The number of hydrogen-bond donors (Lipinski definition) is 2. The molecule has 188 valence electrons. The van der Waals surface area contributed by atoms with Gasteiger partial charge in [-0.3, -0.25) is 9.59 Å². The standard InChI is InChI=1S/C29H25FN2O5/c1-36-20-11-12-24(37-2)22(15-20)26-25(27(33)17-7-9-19(30)10-8-17)28(34)29(35)32(26)14-13-18-16-31-23-6-4-3-5-21(18)23/h3-12,15-16,26,31,33H,13-14H2,1-2H3/b27-25+. The first kappa shape index (κ1) is 24.1. The summed E-state index contributed by atoms with van der Waals surface area (Å²) < 4.78 is 24.5. The van der Waals surface area contributed by atoms with Crippen molar-refractivity contribution in [2.45, 2.75) is 12.5 Å². The molecule has 1 unspecified atom stereocenters. The van der Waals surface area contributed by atoms with Gasteiger partial charge in [-0.1, -0.05) is 18.2 Å². The van der Waals surface area contributed by atoms with Crippen molar-refractivity contribution in [3.05, 3.63) is 101 Å². The lowest BCUT2D eigenvalue weighted by Crippen LogP contribution is -2.31. The first-order valence-electron chi connectivity index (χ1n) is 11.7. The Morgan fingerprint density at radius 2 is 1.78 bits per heavy atom. The SMILES string of the molecule is COc1ccc(OC)c(C2/C(=C(\O)c3ccc(F)cc3)C(=O)C(=O)N2CCc2c[nH]c3ccccc23)c1. The molecule has 1 fully saturated rings. The van der Waals surface area contributed by atoms with Gasteiger partial charge in [0.15, 0.2) is 0 Å². The maximum atomic E-state index is 13.5. The molecule has 1 atom stereocenters. The minimum atomic E-state index is -0.944. The smallest absolute Gasteiger partial charge is 0.295 e. The van der Waals surface area contributed by atoms with Gasteiger partial charge in [0, 0.05) is 34.8 Å². The Morgan fingerprint density at radius 3 is 2.51 bits per heavy atom. The van der Waals surface area contributed by atoms with Crippen LogP contribution in [-0.2, 0) is 16.0 Å². The molecule has 1 aliphatic heterocycles. The summed E-state index contributed by atoms with van der Waals surface area (Å²) in [5.74, 6) is -1.51. The zero-order valence-electron chi connectivity index (χ0n) is 20.3. The number of likely N-dealkylation sites (tertiary alicyclic amines) is 1. The lowest BCUT2D eigenvalue weighted by molar-refractivity contribution is -0.139. The second-order valence-electron chi connectivity index (χ2n) is 8.72. The van der Waals surface area contributed by atoms with E-state index < -0.39 is 23.5 Å². The number of hydrogen-bond acceptors (Lipinski definition) is 5. The number of aromatic amines is 1. The summed E-state index contributed by atoms with van der Waals surface area (Å²) in [7, 11) is 3.00. The van der Waals surface area contributed by atoms with Gasteiger partial charge < -0.3 is 24.5 Å². The first-order valence-corrected chi connectivity index (χ1v) is 11.7. The van der Waals surface area contributed by atoms with Crippen LogP contribution in [0.4, 0.5) is 4.39 Å². The number of halogens is 1. The van der Waals surface area contributed by atoms with Gasteiger partial charge in [0.05, 0.1) is 25.8 Å². The molecule has 5 rings (SSSR count). The number of Topliss-reactive ketones (excluding diaryl/α,β-unsaturated/α-hetero) is 1. The van der Waals surface area contributed by atoms with Gasteiger partial charge in [-0.15, -0.1) is 0 Å². The van der Waals surface area contributed by atoms with Gasteiger partial charge in [0.2, 0.25) is 0 Å². The Bertz CT molecular complexity index is 1520. The third-order valence-corrected chi connectivity index (χ3v) is 6.69. The summed E-state index contributed by atoms with van der Waals surface area (Å²) in [6.45, 7) is 0.206. The molecular formula is C29H25FN2O5. The molecule has 37 heavy (non-hydrogen) atoms. The molecule has 8 heteroatoms. The molecule has 1 aliphatic rings. The van der Waals surface area contributed by atoms with E-state index in [1.54, 1.807) is 18.2 Å². The van der Waals surface area contributed by atoms with E-state index in [0.717, 1.165) is 16.5 Å². The summed E-state index contributed by atoms with van der Waals surface area (Å²) in [6.07, 6.45) is 2.36. The van der Waals surface area contributed by atoms with E-state index in [2.05, 4.69) is 4.98 Å². The summed E-state index contributed by atoms with van der Waals surface area (Å²) >= 11 is 0. The minimum Gasteiger partial charge on any atom is -0.507 e. The first-order chi connectivity index (χ1) is 17.9. The molecule has 0 spiro atoms. The van der Waals surface area contributed by atoms with Crippen LogP contribution in [0.1, 0.15) is 22.7 Å². The van der Waals surface area contributed by atoms with Crippen LogP contribution in [0.25, 0.3) is 16.7 Å². The largest absolute Gasteiger partial charge is 0.507 e. The number of para-hydroxylation sites is 1. The average Bonchev–Trinajstić information content (AvgIpc) is 3.45. The number of ketones is 1. The normalized spacial score (nSPS) is 16.9. The number of rotatable bonds is 7. The summed E-state index contributed by atoms with van der Waals surface area (Å²) in [6, 6.07) is 17.1. The number of aliphatic hydroxyl groups excluding tert-OH is 1. The number of nitrogens with one attached hydrogen (secondary N) is 1. The van der Waals surface area contributed by atoms with E-state index in [9.17, 15) is 19.1 Å². The number of H-pyrrole nitrogens is 1. The molecule has 2 heterocycles. The van der Waals surface area contributed by atoms with Crippen LogP contribution in [0.5, 0.6) is 11.5 Å². The third kappa shape index (κ3) is 4.31. The van der Waals surface area contributed by atoms with Crippen LogP contribution < -0.4 is 9.47 Å². The van der Waals surface area contributed by atoms with E-state index in [1.165, 1.54) is 43.4 Å². The van der Waals surface area contributed by atoms with Crippen LogP contribution in [0.15, 0.2) is 78.5 Å². The Morgan fingerprint density at radius 1 is 1.03 bits per heavy atom. The number of carbonyl (C=O) groups excluding carboxylic acids is 2. The summed E-state index contributed by atoms with van der Waals surface area (Å²) in [5, 5.41) is 12.2. The predicted octanol–water partition coefficient (Wildman–Crippen LogP) is 4.99. The number of aromatic nitrogens is 1. The van der Waals surface area contributed by atoms with Crippen molar-refractivity contribution in [2.24, 2.45) is 0 Å². The van der Waals surface area contributed by atoms with Gasteiger partial charge in [-0.25, -0.2) is 4.39 Å². The number of carbonyl (C=O) groups is 2. The molecule has 2 N–H and O–H groups in total. The number of ether oxygens (including phenoxy) is 2. The fourth-order valence-electron chi connectivity index (χ4n) is 4.83. The second-order valence-corrected chi connectivity index (χ2v) is 8.72. The molecule has 1 aromatic heterocycles. The zero-order chi connectivity index (χ0) is 26.1. The lowest BCUT2D eigenvalue weighted by atomic mass is 9.94. The summed E-state index contributed by atoms with van der Waals surface area (Å²) in [4.78, 5) is 31.4. The van der Waals surface area contributed by atoms with Crippen LogP contribution >= 0.6 is 0 Å². The van der Waals surface area contributed by atoms with Gasteiger partial charge in [0.25, 0.3) is 11.7 Å². The van der Waals surface area contributed by atoms with E-state index in [4.69, 9.17) is 9.47 Å². The Balaban J connectivity index is 1.63. The highest BCUT2D eigenvalue weighted by atomic mass is 19.1. The average molecular weight is 501 g/mol. The molecule has 3 aromatic carbocycles. The number of methoxy groups -OCH3 is 2. The van der Waals surface area contributed by atoms with Crippen molar-refractivity contribution < 1.29 is 28.6 Å². The minimum absolute atomic E-state index is 0.0953.